The quantitative estimate of drug-likeness (QED) is 0.446. The lowest BCUT2D eigenvalue weighted by molar-refractivity contribution is -0.384. The number of hydrogen-bond donors (Lipinski definition) is 3. The molecule has 0 aliphatic rings. The summed E-state index contributed by atoms with van der Waals surface area (Å²) in [6, 6.07) is 2.33. The van der Waals surface area contributed by atoms with Gasteiger partial charge in [-0.2, -0.15) is 0 Å². The third-order valence-electron chi connectivity index (χ3n) is 4.72. The Morgan fingerprint density at radius 3 is 2.52 bits per heavy atom. The maximum absolute atomic E-state index is 13.1. The summed E-state index contributed by atoms with van der Waals surface area (Å²) in [4.78, 5) is 51.7. The molecule has 11 heteroatoms. The number of benzene rings is 1. The second-order valence-electron chi connectivity index (χ2n) is 8.23. The molecule has 11 nitrogen and oxygen atoms in total. The fourth-order valence-electron chi connectivity index (χ4n) is 2.95. The average molecular weight is 433 g/mol. The van der Waals surface area contributed by atoms with E-state index in [0.29, 0.717) is 16.5 Å². The number of rotatable bonds is 7. The Bertz CT molecular complexity index is 1010. The first kappa shape index (κ1) is 23.6. The maximum atomic E-state index is 13.1. The predicted molar refractivity (Wildman–Crippen MR) is 113 cm³/mol. The van der Waals surface area contributed by atoms with Crippen LogP contribution in [0.4, 0.5) is 10.5 Å². The number of nitrogens with two attached hydrogens (primary N) is 1. The zero-order valence-electron chi connectivity index (χ0n) is 18.1. The molecule has 1 aromatic carbocycles. The highest BCUT2D eigenvalue weighted by atomic mass is 16.6. The number of aromatic nitrogens is 1. The highest BCUT2D eigenvalue weighted by Crippen LogP contribution is 2.25. The van der Waals surface area contributed by atoms with Gasteiger partial charge in [-0.05, 0) is 39.3 Å². The van der Waals surface area contributed by atoms with Gasteiger partial charge in [-0.3, -0.25) is 19.7 Å². The number of nitrogens with one attached hydrogen (secondary N) is 2. The summed E-state index contributed by atoms with van der Waals surface area (Å²) in [5, 5.41) is 14.2. The molecule has 2 unspecified atom stereocenters. The first-order chi connectivity index (χ1) is 14.3. The number of amides is 3. The Labute approximate surface area is 179 Å². The van der Waals surface area contributed by atoms with Gasteiger partial charge in [0.05, 0.1) is 4.92 Å². The molecule has 0 spiro atoms. The summed E-state index contributed by atoms with van der Waals surface area (Å²) in [5.41, 5.74) is 5.63. The first-order valence-corrected chi connectivity index (χ1v) is 9.60. The molecule has 0 fully saturated rings. The fraction of sp³-hybridized carbons (Fsp3) is 0.450. The summed E-state index contributed by atoms with van der Waals surface area (Å²) < 4.78 is 5.25. The minimum atomic E-state index is -1.10. The van der Waals surface area contributed by atoms with Crippen LogP contribution in [0.2, 0.25) is 0 Å². The summed E-state index contributed by atoms with van der Waals surface area (Å²) in [6.45, 7) is 6.52. The van der Waals surface area contributed by atoms with Gasteiger partial charge in [0.1, 0.15) is 17.7 Å². The number of nitro groups is 1. The standard InChI is InChI=1S/C20H27N5O6/c1-11(17(21)26)24(5)18(27)16(23-19(28)31-20(2,3)4)8-12-10-22-15-7-6-13(25(29)30)9-14(12)15/h6-7,9-11,16,22H,8H2,1-5H3,(H2,21,26)(H,23,28). The fourth-order valence-corrected chi connectivity index (χ4v) is 2.95. The highest BCUT2D eigenvalue weighted by molar-refractivity contribution is 5.92. The summed E-state index contributed by atoms with van der Waals surface area (Å²) >= 11 is 0. The van der Waals surface area contributed by atoms with Gasteiger partial charge in [-0.1, -0.05) is 0 Å². The zero-order chi connectivity index (χ0) is 23.5. The Kier molecular flexibility index (Phi) is 6.88. The van der Waals surface area contributed by atoms with E-state index in [2.05, 4.69) is 10.3 Å². The van der Waals surface area contributed by atoms with Crippen molar-refractivity contribution in [3.8, 4) is 0 Å². The van der Waals surface area contributed by atoms with E-state index in [1.54, 1.807) is 33.0 Å². The summed E-state index contributed by atoms with van der Waals surface area (Å²) in [7, 11) is 1.40. The number of alkyl carbamates (subject to hydrolysis) is 1. The molecule has 2 rings (SSSR count). The van der Waals surface area contributed by atoms with Crippen molar-refractivity contribution in [2.45, 2.75) is 51.8 Å². The van der Waals surface area contributed by atoms with E-state index in [4.69, 9.17) is 10.5 Å². The van der Waals surface area contributed by atoms with Gasteiger partial charge >= 0.3 is 6.09 Å². The number of primary amides is 1. The Balaban J connectivity index is 2.38. The molecule has 168 valence electrons. The number of likely N-dealkylation sites (N-methyl/N-ethyl adjacent to an activating group) is 1. The highest BCUT2D eigenvalue weighted by Gasteiger charge is 2.31. The largest absolute Gasteiger partial charge is 0.444 e. The number of ether oxygens (including phenoxy) is 1. The molecule has 0 saturated heterocycles. The topological polar surface area (TPSA) is 161 Å². The second kappa shape index (κ2) is 9.02. The number of aromatic amines is 1. The van der Waals surface area contributed by atoms with Crippen molar-refractivity contribution in [1.82, 2.24) is 15.2 Å². The van der Waals surface area contributed by atoms with Crippen LogP contribution in [0, 0.1) is 10.1 Å². The minimum absolute atomic E-state index is 0.00899. The van der Waals surface area contributed by atoms with Crippen LogP contribution < -0.4 is 11.1 Å². The third-order valence-corrected chi connectivity index (χ3v) is 4.72. The van der Waals surface area contributed by atoms with Gasteiger partial charge in [-0.25, -0.2) is 4.79 Å². The van der Waals surface area contributed by atoms with Gasteiger partial charge in [-0.15, -0.1) is 0 Å². The Hall–Kier alpha value is -3.63. The molecule has 31 heavy (non-hydrogen) atoms. The van der Waals surface area contributed by atoms with Crippen LogP contribution in [-0.2, 0) is 20.7 Å². The van der Waals surface area contributed by atoms with E-state index in [1.807, 2.05) is 0 Å². The lowest BCUT2D eigenvalue weighted by Gasteiger charge is -2.28. The Morgan fingerprint density at radius 2 is 1.97 bits per heavy atom. The smallest absolute Gasteiger partial charge is 0.408 e. The van der Waals surface area contributed by atoms with Crippen LogP contribution in [0.1, 0.15) is 33.3 Å². The molecule has 1 heterocycles. The third kappa shape index (κ3) is 5.93. The molecule has 0 aliphatic carbocycles. The number of non-ortho nitro benzene ring substituents is 1. The molecule has 3 amide bonds. The molecule has 0 saturated carbocycles. The zero-order valence-corrected chi connectivity index (χ0v) is 18.1. The van der Waals surface area contributed by atoms with E-state index in [0.717, 1.165) is 4.90 Å². The monoisotopic (exact) mass is 433 g/mol. The lowest BCUT2D eigenvalue weighted by Crippen LogP contribution is -2.54. The summed E-state index contributed by atoms with van der Waals surface area (Å²) in [6.07, 6.45) is 0.815. The minimum Gasteiger partial charge on any atom is -0.444 e. The van der Waals surface area contributed by atoms with E-state index < -0.39 is 40.5 Å². The van der Waals surface area contributed by atoms with E-state index in [9.17, 15) is 24.5 Å². The number of fused-ring (bicyclic) bond motifs is 1. The molecule has 2 atom stereocenters. The van der Waals surface area contributed by atoms with Crippen molar-refractivity contribution in [1.29, 1.82) is 0 Å². The van der Waals surface area contributed by atoms with Gasteiger partial charge < -0.3 is 25.7 Å². The van der Waals surface area contributed by atoms with Crippen molar-refractivity contribution < 1.29 is 24.0 Å². The van der Waals surface area contributed by atoms with Crippen molar-refractivity contribution in [2.24, 2.45) is 5.73 Å². The Morgan fingerprint density at radius 1 is 1.32 bits per heavy atom. The van der Waals surface area contributed by atoms with E-state index in [1.165, 1.54) is 26.1 Å². The van der Waals surface area contributed by atoms with Gasteiger partial charge in [0, 0.05) is 42.7 Å². The molecule has 2 aromatic rings. The van der Waals surface area contributed by atoms with Crippen LogP contribution in [0.15, 0.2) is 24.4 Å². The van der Waals surface area contributed by atoms with Crippen LogP contribution in [0.25, 0.3) is 10.9 Å². The van der Waals surface area contributed by atoms with Crippen LogP contribution in [0.3, 0.4) is 0 Å². The summed E-state index contributed by atoms with van der Waals surface area (Å²) in [5.74, 6) is -1.26. The van der Waals surface area contributed by atoms with Crippen molar-refractivity contribution in [3.05, 3.63) is 40.1 Å². The van der Waals surface area contributed by atoms with Crippen LogP contribution in [-0.4, -0.2) is 57.4 Å². The van der Waals surface area contributed by atoms with E-state index >= 15 is 0 Å². The predicted octanol–water partition coefficient (Wildman–Crippen LogP) is 1.84. The molecular weight excluding hydrogens is 406 g/mol. The second-order valence-corrected chi connectivity index (χ2v) is 8.23. The van der Waals surface area contributed by atoms with Crippen LogP contribution >= 0.6 is 0 Å². The first-order valence-electron chi connectivity index (χ1n) is 9.60. The van der Waals surface area contributed by atoms with Gasteiger partial charge in [0.25, 0.3) is 5.69 Å². The van der Waals surface area contributed by atoms with Gasteiger partial charge in [0.2, 0.25) is 11.8 Å². The average Bonchev–Trinajstić information content (AvgIpc) is 3.06. The molecule has 0 radical (unpaired) electrons. The normalized spacial score (nSPS) is 13.3. The van der Waals surface area contributed by atoms with Gasteiger partial charge in [0.15, 0.2) is 0 Å². The van der Waals surface area contributed by atoms with E-state index in [-0.39, 0.29) is 12.1 Å². The number of carbonyl (C=O) groups excluding carboxylic acids is 3. The SMILES string of the molecule is CC(C(N)=O)N(C)C(=O)C(Cc1c[nH]c2ccc([N+](=O)[O-])cc12)NC(=O)OC(C)(C)C. The number of nitrogens with zero attached hydrogens (tertiary/aromatic N) is 2. The maximum Gasteiger partial charge on any atom is 0.408 e. The van der Waals surface area contributed by atoms with Crippen molar-refractivity contribution in [2.75, 3.05) is 7.05 Å². The number of hydrogen-bond acceptors (Lipinski definition) is 6. The number of H-pyrrole nitrogens is 1. The number of carbonyl (C=O) groups is 3. The lowest BCUT2D eigenvalue weighted by atomic mass is 10.0. The molecular formula is C20H27N5O6. The van der Waals surface area contributed by atoms with Crippen LogP contribution in [0.5, 0.6) is 0 Å². The molecule has 4 N–H and O–H groups in total. The van der Waals surface area contributed by atoms with Crippen molar-refractivity contribution in [3.63, 3.8) is 0 Å². The van der Waals surface area contributed by atoms with Crippen molar-refractivity contribution >= 4 is 34.5 Å². The number of nitro benzene ring substituents is 1. The molecule has 0 bridgehead atoms. The molecule has 0 aliphatic heterocycles. The molecule has 1 aromatic heterocycles.